The molecule has 0 saturated carbocycles. The number of fused-ring (bicyclic) bond motifs is 2. The molecule has 0 aliphatic carbocycles. The smallest absolute Gasteiger partial charge is 0.120 e. The molecule has 5 aliphatic heterocycles. The molecule has 5 aliphatic rings. The van der Waals surface area contributed by atoms with Crippen molar-refractivity contribution in [1.82, 2.24) is 9.80 Å². The lowest BCUT2D eigenvalue weighted by Gasteiger charge is -2.54. The number of piperidine rings is 4. The van der Waals surface area contributed by atoms with E-state index in [0.717, 1.165) is 55.5 Å². The van der Waals surface area contributed by atoms with Gasteiger partial charge in [0.25, 0.3) is 0 Å². The maximum Gasteiger partial charge on any atom is 0.120 e. The van der Waals surface area contributed by atoms with E-state index in [2.05, 4.69) is 35.8 Å². The molecule has 196 valence electrons. The molecule has 0 aromatic carbocycles. The molecule has 2 aromatic heterocycles. The van der Waals surface area contributed by atoms with Crippen LogP contribution in [0.4, 0.5) is 0 Å². The second-order valence-electron chi connectivity index (χ2n) is 13.1. The summed E-state index contributed by atoms with van der Waals surface area (Å²) >= 11 is 0. The summed E-state index contributed by atoms with van der Waals surface area (Å²) in [7, 11) is -0.784. The Bertz CT molecular complexity index is 1090. The molecule has 36 heavy (non-hydrogen) atoms. The normalized spacial score (nSPS) is 45.7. The van der Waals surface area contributed by atoms with E-state index in [0.29, 0.717) is 30.1 Å². The zero-order valence-electron chi connectivity index (χ0n) is 21.9. The van der Waals surface area contributed by atoms with Crippen LogP contribution in [0.15, 0.2) is 45.6 Å². The monoisotopic (exact) mass is 510 g/mol. The minimum Gasteiger partial charge on any atom is -0.468 e. The summed E-state index contributed by atoms with van der Waals surface area (Å²) in [5.41, 5.74) is 0.178. The summed E-state index contributed by atoms with van der Waals surface area (Å²) in [4.78, 5) is 5.51. The molecule has 0 radical (unpaired) electrons. The van der Waals surface area contributed by atoms with Crippen LogP contribution in [0.2, 0.25) is 0 Å². The minimum absolute atomic E-state index is 0.0627. The standard InChI is InChI=1S/C30H42N2O3S/c1-21-7-9-25(27-5-3-15-34-27)31-18-29(13-11-23(21)31)17-30(36(33)20-29)14-12-24-22(2)8-10-26(32(24)19-30)28-6-4-16-35-28/h3-6,15-16,21-26H,7-14,17-20H2,1-2H3/t21-,22-,23-,24+,25-,26-,29-,30-,36+/m1/s1. The summed E-state index contributed by atoms with van der Waals surface area (Å²) in [5.74, 6) is 4.55. The van der Waals surface area contributed by atoms with Crippen LogP contribution in [0.5, 0.6) is 0 Å². The number of hydrogen-bond donors (Lipinski definition) is 0. The highest BCUT2D eigenvalue weighted by Gasteiger charge is 2.60. The van der Waals surface area contributed by atoms with E-state index in [1.54, 1.807) is 0 Å². The Morgan fingerprint density at radius 1 is 0.806 bits per heavy atom. The van der Waals surface area contributed by atoms with E-state index in [1.165, 1.54) is 38.5 Å². The van der Waals surface area contributed by atoms with Crippen molar-refractivity contribution in [2.45, 2.75) is 101 Å². The van der Waals surface area contributed by atoms with Crippen molar-refractivity contribution in [3.8, 4) is 0 Å². The molecule has 5 fully saturated rings. The van der Waals surface area contributed by atoms with Gasteiger partial charge in [-0.2, -0.15) is 0 Å². The average Bonchev–Trinajstić information content (AvgIpc) is 3.63. The third-order valence-corrected chi connectivity index (χ3v) is 13.3. The van der Waals surface area contributed by atoms with Crippen LogP contribution in [-0.4, -0.2) is 49.7 Å². The fourth-order valence-electron chi connectivity index (χ4n) is 9.18. The van der Waals surface area contributed by atoms with Crippen molar-refractivity contribution < 1.29 is 13.0 Å². The van der Waals surface area contributed by atoms with E-state index >= 15 is 0 Å². The van der Waals surface area contributed by atoms with Crippen molar-refractivity contribution in [2.24, 2.45) is 17.3 Å². The molecule has 0 amide bonds. The molecular formula is C30H42N2O3S. The quantitative estimate of drug-likeness (QED) is 0.473. The molecule has 0 N–H and O–H groups in total. The lowest BCUT2D eigenvalue weighted by atomic mass is 9.67. The molecule has 0 bridgehead atoms. The fourth-order valence-corrected chi connectivity index (χ4v) is 11.5. The second-order valence-corrected chi connectivity index (χ2v) is 14.9. The van der Waals surface area contributed by atoms with Gasteiger partial charge in [-0.15, -0.1) is 0 Å². The Morgan fingerprint density at radius 2 is 1.39 bits per heavy atom. The highest BCUT2D eigenvalue weighted by molar-refractivity contribution is 7.86. The van der Waals surface area contributed by atoms with Crippen molar-refractivity contribution in [3.05, 3.63) is 48.3 Å². The van der Waals surface area contributed by atoms with Crippen LogP contribution in [0, 0.1) is 17.3 Å². The number of rotatable bonds is 2. The fraction of sp³-hybridized carbons (Fsp3) is 0.733. The van der Waals surface area contributed by atoms with Gasteiger partial charge in [-0.25, -0.2) is 0 Å². The second kappa shape index (κ2) is 8.84. The summed E-state index contributed by atoms with van der Waals surface area (Å²) in [5, 5.41) is 0. The molecule has 2 aromatic rings. The van der Waals surface area contributed by atoms with E-state index in [4.69, 9.17) is 8.83 Å². The first-order valence-corrected chi connectivity index (χ1v) is 15.8. The first-order valence-electron chi connectivity index (χ1n) is 14.4. The summed E-state index contributed by atoms with van der Waals surface area (Å²) < 4.78 is 25.9. The van der Waals surface area contributed by atoms with Gasteiger partial charge >= 0.3 is 0 Å². The van der Waals surface area contributed by atoms with E-state index in [-0.39, 0.29) is 10.2 Å². The van der Waals surface area contributed by atoms with Crippen molar-refractivity contribution >= 4 is 10.8 Å². The van der Waals surface area contributed by atoms with Crippen molar-refractivity contribution in [1.29, 1.82) is 0 Å². The Morgan fingerprint density at radius 3 is 1.97 bits per heavy atom. The van der Waals surface area contributed by atoms with Gasteiger partial charge in [0.15, 0.2) is 0 Å². The molecule has 7 heterocycles. The first-order chi connectivity index (χ1) is 17.5. The lowest BCUT2D eigenvalue weighted by molar-refractivity contribution is -0.0508. The predicted octanol–water partition coefficient (Wildman–Crippen LogP) is 6.32. The van der Waals surface area contributed by atoms with Crippen LogP contribution in [0.3, 0.4) is 0 Å². The van der Waals surface area contributed by atoms with Gasteiger partial charge in [-0.3, -0.25) is 14.0 Å². The van der Waals surface area contributed by atoms with Gasteiger partial charge in [-0.1, -0.05) is 13.8 Å². The third-order valence-electron chi connectivity index (χ3n) is 11.0. The largest absolute Gasteiger partial charge is 0.468 e. The molecule has 6 heteroatoms. The van der Waals surface area contributed by atoms with Crippen molar-refractivity contribution in [2.75, 3.05) is 18.8 Å². The van der Waals surface area contributed by atoms with E-state index < -0.39 is 10.8 Å². The molecule has 0 unspecified atom stereocenters. The van der Waals surface area contributed by atoms with Crippen LogP contribution in [0.25, 0.3) is 0 Å². The molecule has 5 saturated heterocycles. The maximum absolute atomic E-state index is 14.1. The first kappa shape index (κ1) is 23.7. The van der Waals surface area contributed by atoms with Gasteiger partial charge in [0.05, 0.1) is 29.4 Å². The summed E-state index contributed by atoms with van der Waals surface area (Å²) in [6.07, 6.45) is 14.4. The Labute approximate surface area is 218 Å². The van der Waals surface area contributed by atoms with Crippen LogP contribution in [-0.2, 0) is 10.8 Å². The van der Waals surface area contributed by atoms with Gasteiger partial charge in [0.2, 0.25) is 0 Å². The maximum atomic E-state index is 14.1. The number of nitrogens with zero attached hydrogens (tertiary/aromatic N) is 2. The van der Waals surface area contributed by atoms with Crippen molar-refractivity contribution in [3.63, 3.8) is 0 Å². The van der Waals surface area contributed by atoms with E-state index in [1.807, 2.05) is 24.7 Å². The van der Waals surface area contributed by atoms with Crippen LogP contribution in [0.1, 0.15) is 95.2 Å². The minimum atomic E-state index is -0.784. The topological polar surface area (TPSA) is 49.8 Å². The van der Waals surface area contributed by atoms with Gasteiger partial charge in [0.1, 0.15) is 11.5 Å². The molecule has 5 nitrogen and oxygen atoms in total. The number of furan rings is 2. The van der Waals surface area contributed by atoms with Gasteiger partial charge in [-0.05, 0) is 99.3 Å². The Kier molecular flexibility index (Phi) is 5.83. The highest BCUT2D eigenvalue weighted by atomic mass is 32.2. The van der Waals surface area contributed by atoms with Gasteiger partial charge < -0.3 is 8.83 Å². The molecular weight excluding hydrogens is 468 g/mol. The van der Waals surface area contributed by atoms with Crippen LogP contribution < -0.4 is 0 Å². The zero-order valence-corrected chi connectivity index (χ0v) is 22.8. The zero-order chi connectivity index (χ0) is 24.5. The molecule has 9 atom stereocenters. The Hall–Kier alpha value is -1.37. The molecule has 7 rings (SSSR count). The average molecular weight is 511 g/mol. The molecule has 2 spiro atoms. The van der Waals surface area contributed by atoms with Gasteiger partial charge in [0, 0.05) is 41.7 Å². The van der Waals surface area contributed by atoms with Crippen LogP contribution >= 0.6 is 0 Å². The third kappa shape index (κ3) is 3.72. The SMILES string of the molecule is C[C@@H]1CC[C@H](c2ccco2)N2C[C@]3(CC[C@H]12)C[S@](=O)[C@]1(CC[C@H]2[C@H](C)CC[C@H](c4ccco4)N2C1)C3. The van der Waals surface area contributed by atoms with E-state index in [9.17, 15) is 4.21 Å². The lowest BCUT2D eigenvalue weighted by Crippen LogP contribution is -2.58. The summed E-state index contributed by atoms with van der Waals surface area (Å²) in [6.45, 7) is 6.93. The number of hydrogen-bond acceptors (Lipinski definition) is 5. The predicted molar refractivity (Wildman–Crippen MR) is 142 cm³/mol. The summed E-state index contributed by atoms with van der Waals surface area (Å²) in [6, 6.07) is 10.3. The Balaban J connectivity index is 1.16. The highest BCUT2D eigenvalue weighted by Crippen LogP contribution is 2.56.